The van der Waals surface area contributed by atoms with Crippen LogP contribution in [-0.4, -0.2) is 61.9 Å². The molecule has 13 heteroatoms. The van der Waals surface area contributed by atoms with Crippen molar-refractivity contribution in [3.8, 4) is 5.75 Å². The number of anilines is 2. The van der Waals surface area contributed by atoms with Gasteiger partial charge in [-0.25, -0.2) is 14.4 Å². The molecule has 0 aliphatic carbocycles. The van der Waals surface area contributed by atoms with Crippen molar-refractivity contribution in [1.29, 1.82) is 5.41 Å². The standard InChI is InChI=1S/C18H12F3N5O2.C5H11NOS/c19-12-7-24-18(25-8-12)26-14-4-10(9-27)6-23-16(14)15(22)11-2-1-3-13(5-11)28-17(20)21;1-5(6-2)3-8(7)4-5/h1-9,17,22H,(H,24,25,26);6H,3-4H2,1-2H3. The highest BCUT2D eigenvalue weighted by Crippen LogP contribution is 2.24. The highest BCUT2D eigenvalue weighted by Gasteiger charge is 2.36. The van der Waals surface area contributed by atoms with Gasteiger partial charge in [-0.2, -0.15) is 8.78 Å². The molecule has 1 aliphatic heterocycles. The number of benzene rings is 1. The molecule has 0 saturated carbocycles. The number of pyridine rings is 1. The van der Waals surface area contributed by atoms with Crippen LogP contribution in [0.15, 0.2) is 48.9 Å². The fourth-order valence-corrected chi connectivity index (χ4v) is 4.74. The Bertz CT molecular complexity index is 1250. The van der Waals surface area contributed by atoms with Gasteiger partial charge in [-0.1, -0.05) is 12.1 Å². The second-order valence-corrected chi connectivity index (χ2v) is 9.41. The molecule has 0 unspecified atom stereocenters. The molecule has 3 N–H and O–H groups in total. The van der Waals surface area contributed by atoms with Gasteiger partial charge in [0.25, 0.3) is 0 Å². The van der Waals surface area contributed by atoms with E-state index in [0.29, 0.717) is 6.29 Å². The van der Waals surface area contributed by atoms with Crippen molar-refractivity contribution < 1.29 is 26.9 Å². The summed E-state index contributed by atoms with van der Waals surface area (Å²) in [5, 5.41) is 14.3. The summed E-state index contributed by atoms with van der Waals surface area (Å²) in [6.07, 6.45) is 3.71. The summed E-state index contributed by atoms with van der Waals surface area (Å²) in [6.45, 7) is -0.906. The number of carbonyl (C=O) groups excluding carboxylic acids is 1. The van der Waals surface area contributed by atoms with Crippen molar-refractivity contribution in [2.24, 2.45) is 0 Å². The van der Waals surface area contributed by atoms with Crippen LogP contribution in [0.25, 0.3) is 0 Å². The van der Waals surface area contributed by atoms with Gasteiger partial charge >= 0.3 is 6.61 Å². The van der Waals surface area contributed by atoms with Crippen molar-refractivity contribution in [2.45, 2.75) is 19.1 Å². The Morgan fingerprint density at radius 2 is 1.89 bits per heavy atom. The van der Waals surface area contributed by atoms with Crippen LogP contribution in [0.4, 0.5) is 24.8 Å². The van der Waals surface area contributed by atoms with Gasteiger partial charge in [0.1, 0.15) is 11.4 Å². The first kappa shape index (κ1) is 26.9. The van der Waals surface area contributed by atoms with E-state index in [9.17, 15) is 22.2 Å². The van der Waals surface area contributed by atoms with Gasteiger partial charge in [-0.3, -0.25) is 19.4 Å². The predicted molar refractivity (Wildman–Crippen MR) is 129 cm³/mol. The third-order valence-corrected chi connectivity index (χ3v) is 6.98. The van der Waals surface area contributed by atoms with Gasteiger partial charge in [0.15, 0.2) is 12.1 Å². The van der Waals surface area contributed by atoms with Crippen LogP contribution in [-0.2, 0) is 10.8 Å². The number of aromatic nitrogens is 3. The highest BCUT2D eigenvalue weighted by atomic mass is 32.2. The molecule has 0 atom stereocenters. The molecule has 1 aliphatic rings. The summed E-state index contributed by atoms with van der Waals surface area (Å²) in [6, 6.07) is 6.99. The smallest absolute Gasteiger partial charge is 0.387 e. The number of nitrogens with zero attached hydrogens (tertiary/aromatic N) is 3. The topological polar surface area (TPSA) is 130 Å². The van der Waals surface area contributed by atoms with E-state index in [1.54, 1.807) is 0 Å². The normalized spacial score (nSPS) is 18.4. The maximum Gasteiger partial charge on any atom is 0.387 e. The molecule has 9 nitrogen and oxygen atoms in total. The molecule has 4 rings (SSSR count). The van der Waals surface area contributed by atoms with E-state index >= 15 is 0 Å². The summed E-state index contributed by atoms with van der Waals surface area (Å²) in [7, 11) is 1.39. The van der Waals surface area contributed by atoms with Crippen LogP contribution in [0.2, 0.25) is 0 Å². The summed E-state index contributed by atoms with van der Waals surface area (Å²) in [5.74, 6) is 0.926. The zero-order valence-corrected chi connectivity index (χ0v) is 20.1. The van der Waals surface area contributed by atoms with Crippen molar-refractivity contribution in [3.05, 3.63) is 71.6 Å². The monoisotopic (exact) mass is 520 g/mol. The Morgan fingerprint density at radius 1 is 1.19 bits per heavy atom. The minimum absolute atomic E-state index is 0.0232. The number of hydrogen-bond donors (Lipinski definition) is 3. The Kier molecular flexibility index (Phi) is 8.83. The van der Waals surface area contributed by atoms with Crippen LogP contribution in [0.5, 0.6) is 5.75 Å². The summed E-state index contributed by atoms with van der Waals surface area (Å²) in [4.78, 5) is 22.7. The molecular formula is C23H23F3N6O3S. The predicted octanol–water partition coefficient (Wildman–Crippen LogP) is 3.31. The summed E-state index contributed by atoms with van der Waals surface area (Å²) in [5.41, 5.74) is 0.852. The molecular weight excluding hydrogens is 497 g/mol. The number of rotatable bonds is 8. The second kappa shape index (κ2) is 11.8. The number of aldehydes is 1. The minimum Gasteiger partial charge on any atom is -0.435 e. The Balaban J connectivity index is 0.000000383. The number of ether oxygens (including phenoxy) is 1. The van der Waals surface area contributed by atoms with E-state index < -0.39 is 23.2 Å². The first-order chi connectivity index (χ1) is 17.1. The third kappa shape index (κ3) is 7.15. The number of hydrogen-bond acceptors (Lipinski definition) is 9. The molecule has 3 heterocycles. The molecule has 0 amide bonds. The van der Waals surface area contributed by atoms with Crippen LogP contribution in [0.1, 0.15) is 28.5 Å². The molecule has 190 valence electrons. The SMILES string of the molecule is CNC1(C)CS(=O)C1.N=C(c1cccc(OC(F)F)c1)c1ncc(C=O)cc1Nc1ncc(F)cn1. The average Bonchev–Trinajstić information content (AvgIpc) is 2.84. The van der Waals surface area contributed by atoms with Gasteiger partial charge < -0.3 is 15.4 Å². The average molecular weight is 521 g/mol. The van der Waals surface area contributed by atoms with Crippen molar-refractivity contribution in [1.82, 2.24) is 20.3 Å². The molecule has 36 heavy (non-hydrogen) atoms. The van der Waals surface area contributed by atoms with Gasteiger partial charge in [-0.05, 0) is 32.2 Å². The molecule has 3 aromatic rings. The highest BCUT2D eigenvalue weighted by molar-refractivity contribution is 7.86. The fourth-order valence-electron chi connectivity index (χ4n) is 3.11. The zero-order valence-electron chi connectivity index (χ0n) is 19.3. The number of halogens is 3. The van der Waals surface area contributed by atoms with Crippen molar-refractivity contribution >= 4 is 34.4 Å². The largest absolute Gasteiger partial charge is 0.435 e. The first-order valence-electron chi connectivity index (χ1n) is 10.5. The molecule has 0 spiro atoms. The lowest BCUT2D eigenvalue weighted by molar-refractivity contribution is -0.0498. The van der Waals surface area contributed by atoms with Gasteiger partial charge in [0.05, 0.1) is 23.8 Å². The summed E-state index contributed by atoms with van der Waals surface area (Å²) >= 11 is 0. The molecule has 0 bridgehead atoms. The van der Waals surface area contributed by atoms with E-state index in [0.717, 1.165) is 23.9 Å². The molecule has 0 radical (unpaired) electrons. The lowest BCUT2D eigenvalue weighted by atomic mass is 10.0. The lowest BCUT2D eigenvalue weighted by Gasteiger charge is -2.36. The Labute approximate surface area is 207 Å². The fraction of sp³-hybridized carbons (Fsp3) is 0.261. The van der Waals surface area contributed by atoms with Gasteiger partial charge in [-0.15, -0.1) is 0 Å². The Hall–Kier alpha value is -3.71. The number of carbonyl (C=O) groups is 1. The van der Waals surface area contributed by atoms with E-state index in [-0.39, 0.29) is 45.5 Å². The number of nitrogens with one attached hydrogen (secondary N) is 3. The maximum absolute atomic E-state index is 13.0. The first-order valence-corrected chi connectivity index (χ1v) is 12.0. The van der Waals surface area contributed by atoms with Gasteiger partial charge in [0.2, 0.25) is 5.95 Å². The van der Waals surface area contributed by atoms with Crippen molar-refractivity contribution in [3.63, 3.8) is 0 Å². The minimum atomic E-state index is -3.00. The van der Waals surface area contributed by atoms with Gasteiger partial charge in [0, 0.05) is 45.2 Å². The van der Waals surface area contributed by atoms with Crippen molar-refractivity contribution in [2.75, 3.05) is 23.9 Å². The third-order valence-electron chi connectivity index (χ3n) is 5.06. The van der Waals surface area contributed by atoms with Crippen LogP contribution >= 0.6 is 0 Å². The van der Waals surface area contributed by atoms with E-state index in [4.69, 9.17) is 5.41 Å². The molecule has 1 saturated heterocycles. The molecule has 1 fully saturated rings. The second-order valence-electron chi connectivity index (χ2n) is 7.95. The molecule has 1 aromatic carbocycles. The van der Waals surface area contributed by atoms with E-state index in [1.165, 1.54) is 36.5 Å². The Morgan fingerprint density at radius 3 is 2.44 bits per heavy atom. The van der Waals surface area contributed by atoms with E-state index in [1.807, 2.05) is 7.05 Å². The van der Waals surface area contributed by atoms with Crippen LogP contribution < -0.4 is 15.4 Å². The zero-order chi connectivity index (χ0) is 26.3. The number of alkyl halides is 2. The van der Waals surface area contributed by atoms with Crippen LogP contribution in [0.3, 0.4) is 0 Å². The molecule has 2 aromatic heterocycles. The maximum atomic E-state index is 13.0. The lowest BCUT2D eigenvalue weighted by Crippen LogP contribution is -2.58. The summed E-state index contributed by atoms with van der Waals surface area (Å²) < 4.78 is 52.7. The quantitative estimate of drug-likeness (QED) is 0.305. The van der Waals surface area contributed by atoms with Crippen LogP contribution in [0, 0.1) is 11.2 Å². The van der Waals surface area contributed by atoms with E-state index in [2.05, 4.69) is 37.2 Å².